The number of nitrogens with one attached hydrogen (secondary N) is 1. The number of halogens is 1. The predicted molar refractivity (Wildman–Crippen MR) is 104 cm³/mol. The van der Waals surface area contributed by atoms with Crippen molar-refractivity contribution < 1.29 is 9.53 Å². The number of hydrogen-bond donors (Lipinski definition) is 1. The summed E-state index contributed by atoms with van der Waals surface area (Å²) >= 11 is 5.94. The van der Waals surface area contributed by atoms with Gasteiger partial charge >= 0.3 is 0 Å². The fraction of sp³-hybridized carbons (Fsp3) is 0.500. The van der Waals surface area contributed by atoms with Gasteiger partial charge in [0.25, 0.3) is 0 Å². The fourth-order valence-corrected chi connectivity index (χ4v) is 3.65. The van der Waals surface area contributed by atoms with E-state index < -0.39 is 0 Å². The molecule has 1 heterocycles. The SMILES string of the molecule is Cc1cc(Cl)ccc1OCCCC(=O)Nc1ccnn1C1CCCCC1. The van der Waals surface area contributed by atoms with E-state index in [1.54, 1.807) is 6.20 Å². The quantitative estimate of drug-likeness (QED) is 0.681. The number of aromatic nitrogens is 2. The van der Waals surface area contributed by atoms with Crippen LogP contribution in [0.5, 0.6) is 5.75 Å². The second kappa shape index (κ2) is 9.08. The van der Waals surface area contributed by atoms with Crippen LogP contribution in [0.4, 0.5) is 5.82 Å². The number of ether oxygens (including phenoxy) is 1. The molecule has 140 valence electrons. The van der Waals surface area contributed by atoms with Gasteiger partial charge in [-0.15, -0.1) is 0 Å². The van der Waals surface area contributed by atoms with Crippen LogP contribution in [0.1, 0.15) is 56.6 Å². The summed E-state index contributed by atoms with van der Waals surface area (Å²) < 4.78 is 7.72. The molecule has 0 radical (unpaired) electrons. The molecule has 0 spiro atoms. The minimum absolute atomic E-state index is 0.000937. The first-order valence-electron chi connectivity index (χ1n) is 9.36. The molecule has 1 aliphatic rings. The van der Waals surface area contributed by atoms with Gasteiger partial charge in [0.2, 0.25) is 5.91 Å². The van der Waals surface area contributed by atoms with Gasteiger partial charge in [-0.25, -0.2) is 4.68 Å². The van der Waals surface area contributed by atoms with E-state index in [0.29, 0.717) is 30.5 Å². The lowest BCUT2D eigenvalue weighted by molar-refractivity contribution is -0.116. The van der Waals surface area contributed by atoms with Crippen molar-refractivity contribution in [2.45, 2.75) is 57.9 Å². The summed E-state index contributed by atoms with van der Waals surface area (Å²) in [4.78, 5) is 12.2. The van der Waals surface area contributed by atoms with E-state index in [9.17, 15) is 4.79 Å². The Morgan fingerprint density at radius 3 is 2.88 bits per heavy atom. The Morgan fingerprint density at radius 2 is 2.12 bits per heavy atom. The van der Waals surface area contributed by atoms with Gasteiger partial charge < -0.3 is 10.1 Å². The second-order valence-electron chi connectivity index (χ2n) is 6.86. The van der Waals surface area contributed by atoms with Gasteiger partial charge in [-0.05, 0) is 49.9 Å². The average Bonchev–Trinajstić information content (AvgIpc) is 3.09. The summed E-state index contributed by atoms with van der Waals surface area (Å²) in [5.74, 6) is 1.61. The Kier molecular flexibility index (Phi) is 6.56. The first-order chi connectivity index (χ1) is 12.6. The molecule has 0 atom stereocenters. The normalized spacial score (nSPS) is 15.0. The lowest BCUT2D eigenvalue weighted by Gasteiger charge is -2.23. The third-order valence-corrected chi connectivity index (χ3v) is 5.04. The molecule has 26 heavy (non-hydrogen) atoms. The summed E-state index contributed by atoms with van der Waals surface area (Å²) in [7, 11) is 0. The molecule has 1 N–H and O–H groups in total. The summed E-state index contributed by atoms with van der Waals surface area (Å²) in [6.45, 7) is 2.46. The van der Waals surface area contributed by atoms with Crippen LogP contribution in [0.3, 0.4) is 0 Å². The van der Waals surface area contributed by atoms with Gasteiger partial charge in [0.1, 0.15) is 11.6 Å². The molecule has 0 saturated heterocycles. The van der Waals surface area contributed by atoms with Gasteiger partial charge in [-0.3, -0.25) is 4.79 Å². The minimum Gasteiger partial charge on any atom is -0.493 e. The van der Waals surface area contributed by atoms with Crippen molar-refractivity contribution in [2.75, 3.05) is 11.9 Å². The standard InChI is InChI=1S/C20H26ClN3O2/c1-15-14-16(21)9-10-18(15)26-13-5-8-20(25)23-19-11-12-22-24(19)17-6-3-2-4-7-17/h9-12,14,17H,2-8,13H2,1H3,(H,23,25). The Hall–Kier alpha value is -2.01. The molecule has 1 saturated carbocycles. The molecule has 0 bridgehead atoms. The Labute approximate surface area is 159 Å². The fourth-order valence-electron chi connectivity index (χ4n) is 3.42. The molecule has 5 nitrogen and oxygen atoms in total. The maximum absolute atomic E-state index is 12.2. The van der Waals surface area contributed by atoms with Crippen molar-refractivity contribution in [2.24, 2.45) is 0 Å². The first-order valence-corrected chi connectivity index (χ1v) is 9.73. The van der Waals surface area contributed by atoms with Gasteiger partial charge in [-0.2, -0.15) is 5.10 Å². The summed E-state index contributed by atoms with van der Waals surface area (Å²) in [6.07, 6.45) is 8.88. The highest BCUT2D eigenvalue weighted by atomic mass is 35.5. The van der Waals surface area contributed by atoms with Crippen LogP contribution in [-0.2, 0) is 4.79 Å². The zero-order valence-corrected chi connectivity index (χ0v) is 16.0. The predicted octanol–water partition coefficient (Wildman–Crippen LogP) is 5.15. The molecule has 1 aliphatic carbocycles. The van der Waals surface area contributed by atoms with Crippen molar-refractivity contribution in [3.8, 4) is 5.75 Å². The number of carbonyl (C=O) groups is 1. The number of anilines is 1. The largest absolute Gasteiger partial charge is 0.493 e. The van der Waals surface area contributed by atoms with Crippen LogP contribution in [0.2, 0.25) is 5.02 Å². The van der Waals surface area contributed by atoms with E-state index in [1.807, 2.05) is 35.9 Å². The van der Waals surface area contributed by atoms with Crippen molar-refractivity contribution in [3.63, 3.8) is 0 Å². The second-order valence-corrected chi connectivity index (χ2v) is 7.30. The Bertz CT molecular complexity index is 738. The topological polar surface area (TPSA) is 56.1 Å². The van der Waals surface area contributed by atoms with Crippen LogP contribution in [0.15, 0.2) is 30.5 Å². The smallest absolute Gasteiger partial charge is 0.225 e. The summed E-state index contributed by atoms with van der Waals surface area (Å²) in [6, 6.07) is 7.82. The first kappa shape index (κ1) is 18.8. The number of hydrogen-bond acceptors (Lipinski definition) is 3. The molecule has 2 aromatic rings. The highest BCUT2D eigenvalue weighted by Crippen LogP contribution is 2.30. The highest BCUT2D eigenvalue weighted by molar-refractivity contribution is 6.30. The van der Waals surface area contributed by atoms with Gasteiger partial charge in [-0.1, -0.05) is 30.9 Å². The lowest BCUT2D eigenvalue weighted by Crippen LogP contribution is -2.20. The van der Waals surface area contributed by atoms with Gasteiger partial charge in [0, 0.05) is 17.5 Å². The van der Waals surface area contributed by atoms with Crippen molar-refractivity contribution >= 4 is 23.3 Å². The zero-order valence-electron chi connectivity index (χ0n) is 15.2. The van der Waals surface area contributed by atoms with E-state index in [1.165, 1.54) is 19.3 Å². The molecule has 1 aromatic heterocycles. The van der Waals surface area contributed by atoms with Crippen LogP contribution in [0, 0.1) is 6.92 Å². The van der Waals surface area contributed by atoms with Gasteiger partial charge in [0.15, 0.2) is 0 Å². The third kappa shape index (κ3) is 5.01. The molecular formula is C20H26ClN3O2. The van der Waals surface area contributed by atoms with Crippen LogP contribution in [-0.4, -0.2) is 22.3 Å². The highest BCUT2D eigenvalue weighted by Gasteiger charge is 2.19. The lowest BCUT2D eigenvalue weighted by atomic mass is 9.96. The number of aryl methyl sites for hydroxylation is 1. The van der Waals surface area contributed by atoms with Crippen LogP contribution < -0.4 is 10.1 Å². The molecule has 6 heteroatoms. The van der Waals surface area contributed by atoms with E-state index in [4.69, 9.17) is 16.3 Å². The number of carbonyl (C=O) groups excluding carboxylic acids is 1. The van der Waals surface area contributed by atoms with Crippen molar-refractivity contribution in [1.29, 1.82) is 0 Å². The Balaban J connectivity index is 1.44. The molecule has 1 fully saturated rings. The average molecular weight is 376 g/mol. The Morgan fingerprint density at radius 1 is 1.31 bits per heavy atom. The van der Waals surface area contributed by atoms with Crippen LogP contribution in [0.25, 0.3) is 0 Å². The number of benzene rings is 1. The van der Waals surface area contributed by atoms with Crippen molar-refractivity contribution in [3.05, 3.63) is 41.0 Å². The van der Waals surface area contributed by atoms with E-state index in [-0.39, 0.29) is 5.91 Å². The van der Waals surface area contributed by atoms with Gasteiger partial charge in [0.05, 0.1) is 18.8 Å². The molecular weight excluding hydrogens is 350 g/mol. The molecule has 0 unspecified atom stereocenters. The summed E-state index contributed by atoms with van der Waals surface area (Å²) in [5.41, 5.74) is 0.998. The molecule has 0 aliphatic heterocycles. The van der Waals surface area contributed by atoms with Crippen LogP contribution >= 0.6 is 11.6 Å². The maximum Gasteiger partial charge on any atom is 0.225 e. The monoisotopic (exact) mass is 375 g/mol. The maximum atomic E-state index is 12.2. The zero-order chi connectivity index (χ0) is 18.4. The summed E-state index contributed by atoms with van der Waals surface area (Å²) in [5, 5.41) is 8.10. The molecule has 3 rings (SSSR count). The van der Waals surface area contributed by atoms with E-state index in [0.717, 1.165) is 30.0 Å². The van der Waals surface area contributed by atoms with E-state index in [2.05, 4.69) is 10.4 Å². The van der Waals surface area contributed by atoms with Crippen molar-refractivity contribution in [1.82, 2.24) is 9.78 Å². The minimum atomic E-state index is -0.000937. The third-order valence-electron chi connectivity index (χ3n) is 4.80. The van der Waals surface area contributed by atoms with E-state index >= 15 is 0 Å². The molecule has 1 amide bonds. The number of nitrogens with zero attached hydrogens (tertiary/aromatic N) is 2. The molecule has 1 aromatic carbocycles. The number of rotatable bonds is 7. The number of amides is 1.